The third-order valence-electron chi connectivity index (χ3n) is 4.47. The van der Waals surface area contributed by atoms with Crippen molar-refractivity contribution >= 4 is 17.3 Å². The van der Waals surface area contributed by atoms with Crippen LogP contribution in [0.2, 0.25) is 0 Å². The molecule has 1 atom stereocenters. The van der Waals surface area contributed by atoms with Crippen molar-refractivity contribution in [2.45, 2.75) is 39.2 Å². The summed E-state index contributed by atoms with van der Waals surface area (Å²) in [5.41, 5.74) is 0. The molecule has 0 radical (unpaired) electrons. The monoisotopic (exact) mass is 322 g/mol. The summed E-state index contributed by atoms with van der Waals surface area (Å²) in [5.74, 6) is 1.80. The third kappa shape index (κ3) is 5.61. The second kappa shape index (κ2) is 9.16. The largest absolute Gasteiger partial charge is 0.356 e. The van der Waals surface area contributed by atoms with Crippen LogP contribution in [-0.2, 0) is 6.42 Å². The van der Waals surface area contributed by atoms with Gasteiger partial charge in [0.25, 0.3) is 0 Å². The lowest BCUT2D eigenvalue weighted by molar-refractivity contribution is 0.147. The molecule has 2 N–H and O–H groups in total. The summed E-state index contributed by atoms with van der Waals surface area (Å²) in [5, 5.41) is 8.99. The highest BCUT2D eigenvalue weighted by atomic mass is 32.1. The fraction of sp³-hybridized carbons (Fsp3) is 0.706. The highest BCUT2D eigenvalue weighted by Crippen LogP contribution is 2.17. The molecule has 2 heterocycles. The zero-order valence-electron chi connectivity index (χ0n) is 14.1. The van der Waals surface area contributed by atoms with E-state index >= 15 is 0 Å². The molecule has 124 valence electrons. The van der Waals surface area contributed by atoms with Crippen LogP contribution in [0.5, 0.6) is 0 Å². The molecular weight excluding hydrogens is 292 g/mol. The first-order chi connectivity index (χ1) is 10.7. The Balaban J connectivity index is 1.65. The molecule has 22 heavy (non-hydrogen) atoms. The molecule has 0 saturated carbocycles. The lowest BCUT2D eigenvalue weighted by Gasteiger charge is -2.35. The standard InChI is InChI=1S/C17H30N4S/c1-14-7-10-21(11-8-14)15(2)13-20-17(18-3)19-9-6-16-5-4-12-22-16/h4-5,12,14-15H,6-11,13H2,1-3H3,(H2,18,19,20). The number of nitrogens with zero attached hydrogens (tertiary/aromatic N) is 2. The van der Waals surface area contributed by atoms with Gasteiger partial charge in [-0.2, -0.15) is 0 Å². The summed E-state index contributed by atoms with van der Waals surface area (Å²) in [6.07, 6.45) is 3.72. The Bertz CT molecular complexity index is 436. The molecule has 1 aromatic rings. The molecule has 1 unspecified atom stereocenters. The summed E-state index contributed by atoms with van der Waals surface area (Å²) in [7, 11) is 1.84. The van der Waals surface area contributed by atoms with E-state index in [2.05, 4.69) is 51.9 Å². The van der Waals surface area contributed by atoms with Gasteiger partial charge in [-0.1, -0.05) is 13.0 Å². The van der Waals surface area contributed by atoms with Crippen LogP contribution >= 0.6 is 11.3 Å². The van der Waals surface area contributed by atoms with Gasteiger partial charge in [0.05, 0.1) is 0 Å². The van der Waals surface area contributed by atoms with Gasteiger partial charge in [-0.05, 0) is 56.6 Å². The van der Waals surface area contributed by atoms with Gasteiger partial charge in [-0.3, -0.25) is 9.89 Å². The van der Waals surface area contributed by atoms with Crippen molar-refractivity contribution in [3.63, 3.8) is 0 Å². The average Bonchev–Trinajstić information content (AvgIpc) is 3.04. The molecule has 1 fully saturated rings. The van der Waals surface area contributed by atoms with E-state index in [1.165, 1.54) is 30.8 Å². The molecule has 5 heteroatoms. The zero-order chi connectivity index (χ0) is 15.8. The molecule has 0 aromatic carbocycles. The summed E-state index contributed by atoms with van der Waals surface area (Å²) >= 11 is 1.81. The van der Waals surface area contributed by atoms with E-state index in [4.69, 9.17) is 0 Å². The van der Waals surface area contributed by atoms with Crippen LogP contribution in [0.1, 0.15) is 31.6 Å². The van der Waals surface area contributed by atoms with Gasteiger partial charge in [-0.15, -0.1) is 11.3 Å². The van der Waals surface area contributed by atoms with E-state index in [0.29, 0.717) is 6.04 Å². The molecule has 1 saturated heterocycles. The van der Waals surface area contributed by atoms with Crippen LogP contribution in [-0.4, -0.2) is 50.1 Å². The maximum Gasteiger partial charge on any atom is 0.191 e. The Morgan fingerprint density at radius 2 is 2.18 bits per heavy atom. The maximum absolute atomic E-state index is 4.32. The second-order valence-corrected chi connectivity index (χ2v) is 7.31. The highest BCUT2D eigenvalue weighted by Gasteiger charge is 2.20. The molecule has 0 aliphatic carbocycles. The van der Waals surface area contributed by atoms with Gasteiger partial charge in [0, 0.05) is 31.1 Å². The first-order valence-corrected chi connectivity index (χ1v) is 9.28. The number of likely N-dealkylation sites (tertiary alicyclic amines) is 1. The van der Waals surface area contributed by atoms with E-state index in [1.807, 2.05) is 18.4 Å². The fourth-order valence-electron chi connectivity index (χ4n) is 2.82. The van der Waals surface area contributed by atoms with Crippen molar-refractivity contribution in [2.24, 2.45) is 10.9 Å². The zero-order valence-corrected chi connectivity index (χ0v) is 15.0. The first-order valence-electron chi connectivity index (χ1n) is 8.40. The number of rotatable bonds is 6. The van der Waals surface area contributed by atoms with Crippen molar-refractivity contribution in [3.8, 4) is 0 Å². The topological polar surface area (TPSA) is 39.7 Å². The minimum absolute atomic E-state index is 0.559. The lowest BCUT2D eigenvalue weighted by Crippen LogP contribution is -2.48. The molecule has 4 nitrogen and oxygen atoms in total. The van der Waals surface area contributed by atoms with Crippen LogP contribution in [0.15, 0.2) is 22.5 Å². The molecule has 1 aliphatic heterocycles. The number of nitrogens with one attached hydrogen (secondary N) is 2. The number of hydrogen-bond acceptors (Lipinski definition) is 3. The van der Waals surface area contributed by atoms with Crippen molar-refractivity contribution in [1.29, 1.82) is 0 Å². The Morgan fingerprint density at radius 1 is 1.41 bits per heavy atom. The van der Waals surface area contributed by atoms with Gasteiger partial charge in [-0.25, -0.2) is 0 Å². The first kappa shape index (κ1) is 17.3. The molecule has 0 bridgehead atoms. The van der Waals surface area contributed by atoms with Crippen LogP contribution in [0.3, 0.4) is 0 Å². The summed E-state index contributed by atoms with van der Waals surface area (Å²) in [6.45, 7) is 9.01. The van der Waals surface area contributed by atoms with E-state index in [-0.39, 0.29) is 0 Å². The molecule has 2 rings (SSSR count). The summed E-state index contributed by atoms with van der Waals surface area (Å²) in [6, 6.07) is 4.85. The minimum atomic E-state index is 0.559. The van der Waals surface area contributed by atoms with E-state index < -0.39 is 0 Å². The van der Waals surface area contributed by atoms with Gasteiger partial charge < -0.3 is 10.6 Å². The fourth-order valence-corrected chi connectivity index (χ4v) is 3.53. The SMILES string of the molecule is CN=C(NCCc1cccs1)NCC(C)N1CCC(C)CC1. The molecule has 1 aliphatic rings. The van der Waals surface area contributed by atoms with Gasteiger partial charge in [0.2, 0.25) is 0 Å². The van der Waals surface area contributed by atoms with E-state index in [1.54, 1.807) is 0 Å². The average molecular weight is 323 g/mol. The number of thiophene rings is 1. The Labute approximate surface area is 139 Å². The van der Waals surface area contributed by atoms with Crippen LogP contribution in [0.4, 0.5) is 0 Å². The number of piperidine rings is 1. The van der Waals surface area contributed by atoms with Crippen molar-refractivity contribution in [3.05, 3.63) is 22.4 Å². The summed E-state index contributed by atoms with van der Waals surface area (Å²) < 4.78 is 0. The van der Waals surface area contributed by atoms with Crippen molar-refractivity contribution < 1.29 is 0 Å². The molecular formula is C17H30N4S. The smallest absolute Gasteiger partial charge is 0.191 e. The Morgan fingerprint density at radius 3 is 2.82 bits per heavy atom. The van der Waals surface area contributed by atoms with E-state index in [9.17, 15) is 0 Å². The molecule has 0 spiro atoms. The Hall–Kier alpha value is -1.07. The third-order valence-corrected chi connectivity index (χ3v) is 5.41. The molecule has 1 aromatic heterocycles. The lowest BCUT2D eigenvalue weighted by atomic mass is 9.98. The quantitative estimate of drug-likeness (QED) is 0.625. The molecule has 0 amide bonds. The predicted molar refractivity (Wildman–Crippen MR) is 96.8 cm³/mol. The van der Waals surface area contributed by atoms with E-state index in [0.717, 1.165) is 31.4 Å². The number of aliphatic imine (C=N–C) groups is 1. The van der Waals surface area contributed by atoms with Gasteiger partial charge in [0.15, 0.2) is 5.96 Å². The van der Waals surface area contributed by atoms with Crippen LogP contribution in [0.25, 0.3) is 0 Å². The normalized spacial score (nSPS) is 19.1. The van der Waals surface area contributed by atoms with Crippen molar-refractivity contribution in [1.82, 2.24) is 15.5 Å². The van der Waals surface area contributed by atoms with Crippen LogP contribution in [0, 0.1) is 5.92 Å². The highest BCUT2D eigenvalue weighted by molar-refractivity contribution is 7.09. The predicted octanol–water partition coefficient (Wildman–Crippen LogP) is 2.58. The maximum atomic E-state index is 4.32. The second-order valence-electron chi connectivity index (χ2n) is 6.28. The number of hydrogen-bond donors (Lipinski definition) is 2. The summed E-state index contributed by atoms with van der Waals surface area (Å²) in [4.78, 5) is 8.32. The van der Waals surface area contributed by atoms with Crippen LogP contribution < -0.4 is 10.6 Å². The Kier molecular flexibility index (Phi) is 7.19. The number of guanidine groups is 1. The van der Waals surface area contributed by atoms with Gasteiger partial charge in [0.1, 0.15) is 0 Å². The minimum Gasteiger partial charge on any atom is -0.356 e. The van der Waals surface area contributed by atoms with Crippen molar-refractivity contribution in [2.75, 3.05) is 33.2 Å². The van der Waals surface area contributed by atoms with Gasteiger partial charge >= 0.3 is 0 Å².